The van der Waals surface area contributed by atoms with Crippen molar-refractivity contribution in [3.8, 4) is 0 Å². The predicted molar refractivity (Wildman–Crippen MR) is 82.0 cm³/mol. The molecular weight excluding hydrogens is 351 g/mol. The van der Waals surface area contributed by atoms with Crippen LogP contribution in [0.25, 0.3) is 10.2 Å². The lowest BCUT2D eigenvalue weighted by molar-refractivity contribution is 0.628. The highest BCUT2D eigenvalue weighted by Gasteiger charge is 2.06. The highest BCUT2D eigenvalue weighted by molar-refractivity contribution is 9.10. The van der Waals surface area contributed by atoms with Gasteiger partial charge in [0.2, 0.25) is 0 Å². The van der Waals surface area contributed by atoms with Gasteiger partial charge in [0.05, 0.1) is 15.2 Å². The quantitative estimate of drug-likeness (QED) is 0.646. The smallest absolute Gasteiger partial charge is 0.188 e. The molecule has 0 aliphatic heterocycles. The highest BCUT2D eigenvalue weighted by atomic mass is 79.9. The van der Waals surface area contributed by atoms with Gasteiger partial charge in [-0.3, -0.25) is 0 Å². The van der Waals surface area contributed by atoms with Crippen LogP contribution in [0.15, 0.2) is 40.9 Å². The van der Waals surface area contributed by atoms with Gasteiger partial charge in [-0.2, -0.15) is 0 Å². The zero-order valence-electron chi connectivity index (χ0n) is 9.45. The van der Waals surface area contributed by atoms with Gasteiger partial charge in [-0.15, -0.1) is 0 Å². The molecule has 0 radical (unpaired) electrons. The fourth-order valence-corrected chi connectivity index (χ4v) is 3.27. The number of hydrogen-bond donors (Lipinski definition) is 1. The third kappa shape index (κ3) is 2.73. The van der Waals surface area contributed by atoms with E-state index in [1.165, 1.54) is 17.4 Å². The summed E-state index contributed by atoms with van der Waals surface area (Å²) < 4.78 is 15.2. The first kappa shape index (κ1) is 12.8. The predicted octanol–water partition coefficient (Wildman–Crippen LogP) is 5.59. The van der Waals surface area contributed by atoms with E-state index < -0.39 is 5.82 Å². The second kappa shape index (κ2) is 5.07. The van der Waals surface area contributed by atoms with Crippen LogP contribution in [0.2, 0.25) is 5.02 Å². The molecule has 6 heteroatoms. The first-order chi connectivity index (χ1) is 9.11. The van der Waals surface area contributed by atoms with Crippen LogP contribution < -0.4 is 5.32 Å². The number of fused-ring (bicyclic) bond motifs is 1. The normalized spacial score (nSPS) is 10.9. The van der Waals surface area contributed by atoms with Crippen LogP contribution in [0.1, 0.15) is 0 Å². The number of halogens is 3. The summed E-state index contributed by atoms with van der Waals surface area (Å²) in [6.07, 6.45) is 0. The second-order valence-corrected chi connectivity index (χ2v) is 6.24. The van der Waals surface area contributed by atoms with Crippen molar-refractivity contribution < 1.29 is 4.39 Å². The molecule has 0 aliphatic rings. The Hall–Kier alpha value is -1.17. The van der Waals surface area contributed by atoms with E-state index in [9.17, 15) is 4.39 Å². The van der Waals surface area contributed by atoms with E-state index in [-0.39, 0.29) is 5.02 Å². The topological polar surface area (TPSA) is 24.9 Å². The Labute approximate surface area is 126 Å². The number of thiazole rings is 1. The minimum Gasteiger partial charge on any atom is -0.331 e. The van der Waals surface area contributed by atoms with E-state index in [1.54, 1.807) is 12.1 Å². The Balaban J connectivity index is 1.94. The van der Waals surface area contributed by atoms with Gasteiger partial charge in [0.25, 0.3) is 0 Å². The van der Waals surface area contributed by atoms with Crippen LogP contribution in [0.4, 0.5) is 15.2 Å². The number of aromatic nitrogens is 1. The van der Waals surface area contributed by atoms with E-state index >= 15 is 0 Å². The summed E-state index contributed by atoms with van der Waals surface area (Å²) in [7, 11) is 0. The van der Waals surface area contributed by atoms with Crippen molar-refractivity contribution >= 4 is 59.9 Å². The molecule has 0 bridgehead atoms. The molecule has 2 nitrogen and oxygen atoms in total. The number of nitrogens with one attached hydrogen (secondary N) is 1. The van der Waals surface area contributed by atoms with Gasteiger partial charge in [-0.25, -0.2) is 9.37 Å². The Bertz CT molecular complexity index is 759. The molecular formula is C13H7BrClFN2S. The van der Waals surface area contributed by atoms with Gasteiger partial charge in [0, 0.05) is 10.2 Å². The van der Waals surface area contributed by atoms with Crippen LogP contribution >= 0.6 is 38.9 Å². The first-order valence-electron chi connectivity index (χ1n) is 5.40. The van der Waals surface area contributed by atoms with Gasteiger partial charge in [0.1, 0.15) is 5.82 Å². The number of nitrogens with zero attached hydrogens (tertiary/aromatic N) is 1. The van der Waals surface area contributed by atoms with Gasteiger partial charge >= 0.3 is 0 Å². The number of benzene rings is 2. The fraction of sp³-hybridized carbons (Fsp3) is 0. The summed E-state index contributed by atoms with van der Waals surface area (Å²) in [5, 5.41) is 3.96. The van der Waals surface area contributed by atoms with Crippen molar-refractivity contribution in [2.24, 2.45) is 0 Å². The Morgan fingerprint density at radius 3 is 2.84 bits per heavy atom. The molecule has 1 N–H and O–H groups in total. The monoisotopic (exact) mass is 356 g/mol. The summed E-state index contributed by atoms with van der Waals surface area (Å²) in [4.78, 5) is 4.45. The van der Waals surface area contributed by atoms with Gasteiger partial charge in [-0.1, -0.05) is 38.9 Å². The Morgan fingerprint density at radius 2 is 2.05 bits per heavy atom. The molecule has 19 heavy (non-hydrogen) atoms. The van der Waals surface area contributed by atoms with E-state index in [1.807, 2.05) is 18.2 Å². The van der Waals surface area contributed by atoms with Crippen LogP contribution in [-0.4, -0.2) is 4.98 Å². The largest absolute Gasteiger partial charge is 0.331 e. The maximum Gasteiger partial charge on any atom is 0.188 e. The van der Waals surface area contributed by atoms with Gasteiger partial charge < -0.3 is 5.32 Å². The third-order valence-electron chi connectivity index (χ3n) is 2.52. The summed E-state index contributed by atoms with van der Waals surface area (Å²) >= 11 is 10.7. The lowest BCUT2D eigenvalue weighted by atomic mass is 10.3. The van der Waals surface area contributed by atoms with E-state index in [4.69, 9.17) is 11.6 Å². The molecule has 0 saturated heterocycles. The molecule has 0 spiro atoms. The van der Waals surface area contributed by atoms with Crippen molar-refractivity contribution in [3.05, 3.63) is 51.7 Å². The number of rotatable bonds is 2. The molecule has 1 heterocycles. The second-order valence-electron chi connectivity index (χ2n) is 3.88. The average molecular weight is 358 g/mol. The molecule has 1 aromatic heterocycles. The molecule has 0 amide bonds. The van der Waals surface area contributed by atoms with E-state index in [2.05, 4.69) is 26.2 Å². The minimum absolute atomic E-state index is 0.0915. The van der Waals surface area contributed by atoms with E-state index in [0.29, 0.717) is 5.69 Å². The summed E-state index contributed by atoms with van der Waals surface area (Å²) in [5.74, 6) is -0.430. The summed E-state index contributed by atoms with van der Waals surface area (Å²) in [6.45, 7) is 0. The van der Waals surface area contributed by atoms with E-state index in [0.717, 1.165) is 19.8 Å². The van der Waals surface area contributed by atoms with Gasteiger partial charge in [-0.05, 0) is 36.4 Å². The number of hydrogen-bond acceptors (Lipinski definition) is 3. The fourth-order valence-electron chi connectivity index (χ4n) is 1.65. The minimum atomic E-state index is -0.430. The van der Waals surface area contributed by atoms with Crippen LogP contribution in [0, 0.1) is 5.82 Å². The molecule has 0 saturated carbocycles. The standard InChI is InChI=1S/C13H7BrClFN2S/c14-7-1-4-11-12(5-7)19-13(18-11)17-8-2-3-10(16)9(15)6-8/h1-6H,(H,17,18). The SMILES string of the molecule is Fc1ccc(Nc2nc3ccc(Br)cc3s2)cc1Cl. The zero-order valence-corrected chi connectivity index (χ0v) is 12.6. The van der Waals surface area contributed by atoms with Crippen molar-refractivity contribution in [3.63, 3.8) is 0 Å². The molecule has 0 aliphatic carbocycles. The zero-order chi connectivity index (χ0) is 13.4. The molecule has 3 rings (SSSR count). The van der Waals surface area contributed by atoms with Crippen LogP contribution in [0.5, 0.6) is 0 Å². The lowest BCUT2D eigenvalue weighted by Crippen LogP contribution is -1.89. The molecule has 3 aromatic rings. The summed E-state index contributed by atoms with van der Waals surface area (Å²) in [6, 6.07) is 10.4. The van der Waals surface area contributed by atoms with Crippen molar-refractivity contribution in [1.82, 2.24) is 4.98 Å². The third-order valence-corrected chi connectivity index (χ3v) is 4.24. The van der Waals surface area contributed by atoms with Crippen molar-refractivity contribution in [1.29, 1.82) is 0 Å². The maximum atomic E-state index is 13.1. The van der Waals surface area contributed by atoms with Crippen molar-refractivity contribution in [2.75, 3.05) is 5.32 Å². The summed E-state index contributed by atoms with van der Waals surface area (Å²) in [5.41, 5.74) is 1.63. The first-order valence-corrected chi connectivity index (χ1v) is 7.39. The van der Waals surface area contributed by atoms with Gasteiger partial charge in [0.15, 0.2) is 5.13 Å². The van der Waals surface area contributed by atoms with Crippen molar-refractivity contribution in [2.45, 2.75) is 0 Å². The molecule has 0 atom stereocenters. The van der Waals surface area contributed by atoms with Crippen LogP contribution in [0.3, 0.4) is 0 Å². The molecule has 2 aromatic carbocycles. The maximum absolute atomic E-state index is 13.1. The van der Waals surface area contributed by atoms with Crippen LogP contribution in [-0.2, 0) is 0 Å². The lowest BCUT2D eigenvalue weighted by Gasteiger charge is -2.02. The number of anilines is 2. The highest BCUT2D eigenvalue weighted by Crippen LogP contribution is 2.31. The molecule has 0 fully saturated rings. The molecule has 0 unspecified atom stereocenters. The Kier molecular flexibility index (Phi) is 3.43. The Morgan fingerprint density at radius 1 is 1.21 bits per heavy atom. The average Bonchev–Trinajstić information content (AvgIpc) is 2.75. The molecule has 96 valence electrons.